The molecule has 3 rings (SSSR count). The molecule has 0 bridgehead atoms. The first kappa shape index (κ1) is 18.1. The Morgan fingerprint density at radius 3 is 2.73 bits per heavy atom. The molecular weight excluding hydrogens is 353 g/mol. The smallest absolute Gasteiger partial charge is 0.254 e. The van der Waals surface area contributed by atoms with Crippen LogP contribution in [0.2, 0.25) is 5.02 Å². The van der Waals surface area contributed by atoms with Crippen molar-refractivity contribution in [2.24, 2.45) is 0 Å². The van der Waals surface area contributed by atoms with Crippen LogP contribution in [0.15, 0.2) is 54.7 Å². The molecule has 0 aliphatic heterocycles. The van der Waals surface area contributed by atoms with Gasteiger partial charge in [-0.3, -0.25) is 4.79 Å². The molecule has 0 spiro atoms. The molecule has 0 saturated heterocycles. The number of rotatable bonds is 7. The van der Waals surface area contributed by atoms with E-state index >= 15 is 0 Å². The van der Waals surface area contributed by atoms with E-state index in [1.165, 1.54) is 12.1 Å². The van der Waals surface area contributed by atoms with Gasteiger partial charge >= 0.3 is 0 Å². The number of benzene rings is 2. The van der Waals surface area contributed by atoms with E-state index in [2.05, 4.69) is 15.6 Å². The van der Waals surface area contributed by atoms with E-state index in [0.29, 0.717) is 11.6 Å². The van der Waals surface area contributed by atoms with Crippen molar-refractivity contribution in [1.82, 2.24) is 5.32 Å². The number of aromatic amines is 1. The first-order chi connectivity index (χ1) is 12.6. The molecule has 26 heavy (non-hydrogen) atoms. The number of H-pyrrole nitrogens is 1. The number of pyridine rings is 1. The maximum Gasteiger partial charge on any atom is 0.254 e. The summed E-state index contributed by atoms with van der Waals surface area (Å²) in [7, 11) is 0. The molecule has 1 aromatic heterocycles. The largest absolute Gasteiger partial charge is 0.384 e. The third-order valence-corrected chi connectivity index (χ3v) is 4.32. The minimum absolute atomic E-state index is 0.0799. The van der Waals surface area contributed by atoms with E-state index in [9.17, 15) is 9.18 Å². The standard InChI is InChI=1S/C20H19ClFN3O/c21-14-7-8-16-18(9-12-24-19(16)13-14)23-10-3-4-11-25-20(26)15-5-1-2-6-17(15)22/h1-2,5-9,12-13H,3-4,10-11H2,(H,23,24)(H,25,26)/p+1. The van der Waals surface area contributed by atoms with Gasteiger partial charge in [-0.2, -0.15) is 0 Å². The van der Waals surface area contributed by atoms with Gasteiger partial charge in [0.15, 0.2) is 6.20 Å². The Morgan fingerprint density at radius 1 is 1.08 bits per heavy atom. The molecule has 4 nitrogen and oxygen atoms in total. The number of anilines is 1. The lowest BCUT2D eigenvalue weighted by molar-refractivity contribution is -0.344. The van der Waals surface area contributed by atoms with Gasteiger partial charge in [-0.15, -0.1) is 0 Å². The molecule has 0 aliphatic carbocycles. The first-order valence-electron chi connectivity index (χ1n) is 8.52. The Kier molecular flexibility index (Phi) is 6.02. The summed E-state index contributed by atoms with van der Waals surface area (Å²) < 4.78 is 13.5. The van der Waals surface area contributed by atoms with Gasteiger partial charge in [-0.25, -0.2) is 9.37 Å². The minimum Gasteiger partial charge on any atom is -0.384 e. The number of hydrogen-bond acceptors (Lipinski definition) is 2. The number of nitrogens with one attached hydrogen (secondary N) is 3. The van der Waals surface area contributed by atoms with Crippen molar-refractivity contribution in [3.63, 3.8) is 0 Å². The predicted octanol–water partition coefficient (Wildman–Crippen LogP) is 4.07. The summed E-state index contributed by atoms with van der Waals surface area (Å²) in [5, 5.41) is 7.91. The van der Waals surface area contributed by atoms with Crippen LogP contribution in [0.5, 0.6) is 0 Å². The van der Waals surface area contributed by atoms with Crippen LogP contribution in [0.4, 0.5) is 10.1 Å². The summed E-state index contributed by atoms with van der Waals surface area (Å²) in [6.45, 7) is 1.28. The summed E-state index contributed by atoms with van der Waals surface area (Å²) in [6.07, 6.45) is 3.55. The highest BCUT2D eigenvalue weighted by molar-refractivity contribution is 6.31. The maximum atomic E-state index is 13.5. The average Bonchev–Trinajstić information content (AvgIpc) is 2.64. The highest BCUT2D eigenvalue weighted by atomic mass is 35.5. The Labute approximate surface area is 156 Å². The van der Waals surface area contributed by atoms with Gasteiger partial charge in [-0.1, -0.05) is 23.7 Å². The molecule has 1 amide bonds. The molecule has 0 fully saturated rings. The van der Waals surface area contributed by atoms with Crippen LogP contribution in [0.25, 0.3) is 10.9 Å². The van der Waals surface area contributed by atoms with Crippen molar-refractivity contribution in [2.45, 2.75) is 12.8 Å². The third kappa shape index (κ3) is 4.49. The van der Waals surface area contributed by atoms with Gasteiger partial charge < -0.3 is 10.6 Å². The molecule has 134 valence electrons. The summed E-state index contributed by atoms with van der Waals surface area (Å²) >= 11 is 6.01. The normalized spacial score (nSPS) is 10.7. The number of unbranched alkanes of at least 4 members (excludes halogenated alkanes) is 1. The van der Waals surface area contributed by atoms with Crippen LogP contribution in [0, 0.1) is 5.82 Å². The Hall–Kier alpha value is -2.66. The molecule has 3 N–H and O–H groups in total. The van der Waals surface area contributed by atoms with Crippen LogP contribution in [0.3, 0.4) is 0 Å². The second-order valence-corrected chi connectivity index (χ2v) is 6.39. The number of hydrogen-bond donors (Lipinski definition) is 2. The van der Waals surface area contributed by atoms with Crippen molar-refractivity contribution in [1.29, 1.82) is 0 Å². The van der Waals surface area contributed by atoms with Gasteiger partial charge in [0.25, 0.3) is 5.91 Å². The fourth-order valence-corrected chi connectivity index (χ4v) is 2.92. The topological polar surface area (TPSA) is 55.3 Å². The van der Waals surface area contributed by atoms with Gasteiger partial charge in [0, 0.05) is 30.2 Å². The number of aromatic nitrogens is 1. The van der Waals surface area contributed by atoms with E-state index in [-0.39, 0.29) is 11.5 Å². The van der Waals surface area contributed by atoms with E-state index in [4.69, 9.17) is 11.6 Å². The monoisotopic (exact) mass is 372 g/mol. The summed E-state index contributed by atoms with van der Waals surface area (Å²) in [4.78, 5) is 15.1. The highest BCUT2D eigenvalue weighted by Gasteiger charge is 2.10. The number of amides is 1. The maximum absolute atomic E-state index is 13.5. The molecule has 2 aromatic carbocycles. The zero-order chi connectivity index (χ0) is 18.4. The zero-order valence-corrected chi connectivity index (χ0v) is 14.9. The van der Waals surface area contributed by atoms with Gasteiger partial charge in [-0.05, 0) is 37.1 Å². The second-order valence-electron chi connectivity index (χ2n) is 5.95. The predicted molar refractivity (Wildman–Crippen MR) is 102 cm³/mol. The van der Waals surface area contributed by atoms with Crippen molar-refractivity contribution in [2.75, 3.05) is 18.4 Å². The van der Waals surface area contributed by atoms with Crippen molar-refractivity contribution < 1.29 is 14.2 Å². The Morgan fingerprint density at radius 2 is 1.88 bits per heavy atom. The van der Waals surface area contributed by atoms with Crippen LogP contribution in [-0.2, 0) is 0 Å². The molecule has 3 aromatic rings. The number of fused-ring (bicyclic) bond motifs is 1. The zero-order valence-electron chi connectivity index (χ0n) is 14.2. The van der Waals surface area contributed by atoms with Crippen LogP contribution in [0.1, 0.15) is 23.2 Å². The Bertz CT molecular complexity index is 916. The third-order valence-electron chi connectivity index (χ3n) is 4.08. The van der Waals surface area contributed by atoms with E-state index in [1.54, 1.807) is 12.1 Å². The molecule has 1 heterocycles. The van der Waals surface area contributed by atoms with Crippen molar-refractivity contribution >= 4 is 34.1 Å². The quantitative estimate of drug-likeness (QED) is 0.614. The van der Waals surface area contributed by atoms with Crippen LogP contribution in [-0.4, -0.2) is 19.0 Å². The first-order valence-corrected chi connectivity index (χ1v) is 8.89. The van der Waals surface area contributed by atoms with E-state index < -0.39 is 5.82 Å². The molecular formula is C20H20ClFN3O+. The fraction of sp³-hybridized carbons (Fsp3) is 0.200. The SMILES string of the molecule is O=C(NCCCCNc1cc[nH+]c2cc(Cl)ccc12)c1ccccc1F. The Balaban J connectivity index is 1.44. The van der Waals surface area contributed by atoms with Crippen molar-refractivity contribution in [3.05, 3.63) is 71.1 Å². The van der Waals surface area contributed by atoms with Gasteiger partial charge in [0.05, 0.1) is 16.6 Å². The van der Waals surface area contributed by atoms with Gasteiger partial charge in [0.2, 0.25) is 5.52 Å². The lowest BCUT2D eigenvalue weighted by atomic mass is 10.2. The minimum atomic E-state index is -0.500. The number of carbonyl (C=O) groups excluding carboxylic acids is 1. The van der Waals surface area contributed by atoms with E-state index in [0.717, 1.165) is 36.0 Å². The molecule has 0 saturated carbocycles. The van der Waals surface area contributed by atoms with E-state index in [1.807, 2.05) is 30.5 Å². The lowest BCUT2D eigenvalue weighted by Gasteiger charge is -2.08. The van der Waals surface area contributed by atoms with Gasteiger partial charge in [0.1, 0.15) is 5.82 Å². The van der Waals surface area contributed by atoms with Crippen molar-refractivity contribution in [3.8, 4) is 0 Å². The van der Waals surface area contributed by atoms with Crippen LogP contribution >= 0.6 is 11.6 Å². The second kappa shape index (κ2) is 8.63. The summed E-state index contributed by atoms with van der Waals surface area (Å²) in [6, 6.07) is 13.7. The molecule has 0 radical (unpaired) electrons. The number of halogens is 2. The molecule has 0 atom stereocenters. The van der Waals surface area contributed by atoms with Crippen LogP contribution < -0.4 is 15.6 Å². The summed E-state index contributed by atoms with van der Waals surface area (Å²) in [5.74, 6) is -0.878. The number of carbonyl (C=O) groups is 1. The highest BCUT2D eigenvalue weighted by Crippen LogP contribution is 2.22. The average molecular weight is 373 g/mol. The molecule has 0 unspecified atom stereocenters. The summed E-state index contributed by atoms with van der Waals surface area (Å²) in [5.41, 5.74) is 2.08. The lowest BCUT2D eigenvalue weighted by Crippen LogP contribution is -2.25. The molecule has 0 aliphatic rings. The fourth-order valence-electron chi connectivity index (χ4n) is 2.75. The molecule has 6 heteroatoms.